The van der Waals surface area contributed by atoms with Crippen LogP contribution in [0.1, 0.15) is 37.2 Å². The molecular formula is C22H29N5O6S. The lowest BCUT2D eigenvalue weighted by atomic mass is 10.1. The number of methoxy groups -OCH3 is 4. The molecule has 3 rings (SSSR count). The number of hydrogen-bond acceptors (Lipinski definition) is 10. The van der Waals surface area contributed by atoms with Gasteiger partial charge in [0.15, 0.2) is 27.2 Å². The second-order valence-electron chi connectivity index (χ2n) is 7.59. The average molecular weight is 492 g/mol. The second-order valence-corrected chi connectivity index (χ2v) is 9.95. The standard InChI is InChI=1S/C22H29N5O6S/c1-14(22-23-10-16(31-4)11-24-22)15(2)34(28,29)13-20-26-25-19(12-30-3)27(20)21-17(32-5)8-7-9-18(21)33-6/h7-11,14-15H,12-13H2,1-6H3/t14-,15-/m0/s1. The van der Waals surface area contributed by atoms with Crippen LogP contribution in [0.25, 0.3) is 5.69 Å². The van der Waals surface area contributed by atoms with E-state index in [1.54, 1.807) is 36.6 Å². The van der Waals surface area contributed by atoms with Gasteiger partial charge < -0.3 is 18.9 Å². The second kappa shape index (κ2) is 10.8. The van der Waals surface area contributed by atoms with Gasteiger partial charge in [-0.05, 0) is 19.1 Å². The van der Waals surface area contributed by atoms with Crippen molar-refractivity contribution in [2.75, 3.05) is 28.4 Å². The molecule has 0 bridgehead atoms. The topological polar surface area (TPSA) is 128 Å². The highest BCUT2D eigenvalue weighted by molar-refractivity contribution is 7.91. The Morgan fingerprint density at radius 1 is 0.912 bits per heavy atom. The molecule has 2 aromatic heterocycles. The molecule has 2 atom stereocenters. The van der Waals surface area contributed by atoms with Crippen molar-refractivity contribution >= 4 is 9.84 Å². The first kappa shape index (κ1) is 25.4. The fourth-order valence-electron chi connectivity index (χ4n) is 3.48. The average Bonchev–Trinajstić information content (AvgIpc) is 3.23. The molecular weight excluding hydrogens is 462 g/mol. The van der Waals surface area contributed by atoms with E-state index in [1.165, 1.54) is 40.8 Å². The monoisotopic (exact) mass is 491 g/mol. The van der Waals surface area contributed by atoms with Crippen molar-refractivity contribution in [3.8, 4) is 22.9 Å². The summed E-state index contributed by atoms with van der Waals surface area (Å²) in [5.74, 6) is 1.64. The van der Waals surface area contributed by atoms with Gasteiger partial charge in [-0.15, -0.1) is 10.2 Å². The molecule has 0 fully saturated rings. The van der Waals surface area contributed by atoms with Gasteiger partial charge in [0.1, 0.15) is 35.4 Å². The Bertz CT molecular complexity index is 1190. The lowest BCUT2D eigenvalue weighted by Crippen LogP contribution is -2.27. The van der Waals surface area contributed by atoms with Crippen LogP contribution >= 0.6 is 0 Å². The number of aromatic nitrogens is 5. The molecule has 184 valence electrons. The Morgan fingerprint density at radius 2 is 1.50 bits per heavy atom. The molecule has 2 heterocycles. The van der Waals surface area contributed by atoms with E-state index >= 15 is 0 Å². The summed E-state index contributed by atoms with van der Waals surface area (Å²) in [5.41, 5.74) is 0.494. The van der Waals surface area contributed by atoms with Gasteiger partial charge in [0, 0.05) is 13.0 Å². The van der Waals surface area contributed by atoms with E-state index in [9.17, 15) is 8.42 Å². The molecule has 0 unspecified atom stereocenters. The lowest BCUT2D eigenvalue weighted by Gasteiger charge is -2.20. The van der Waals surface area contributed by atoms with Crippen LogP contribution < -0.4 is 14.2 Å². The molecule has 34 heavy (non-hydrogen) atoms. The van der Waals surface area contributed by atoms with E-state index in [1.807, 2.05) is 0 Å². The van der Waals surface area contributed by atoms with Crippen molar-refractivity contribution < 1.29 is 27.4 Å². The minimum atomic E-state index is -3.70. The van der Waals surface area contributed by atoms with Crippen molar-refractivity contribution in [3.63, 3.8) is 0 Å². The van der Waals surface area contributed by atoms with Crippen molar-refractivity contribution in [1.82, 2.24) is 24.7 Å². The van der Waals surface area contributed by atoms with Crippen LogP contribution in [0.5, 0.6) is 17.2 Å². The van der Waals surface area contributed by atoms with Crippen LogP contribution in [0, 0.1) is 0 Å². The zero-order valence-electron chi connectivity index (χ0n) is 20.0. The Hall–Kier alpha value is -3.25. The molecule has 1 aromatic carbocycles. The summed E-state index contributed by atoms with van der Waals surface area (Å²) in [6, 6.07) is 5.27. The highest BCUT2D eigenvalue weighted by Crippen LogP contribution is 2.35. The fourth-order valence-corrected chi connectivity index (χ4v) is 5.03. The van der Waals surface area contributed by atoms with Crippen molar-refractivity contribution in [1.29, 1.82) is 0 Å². The number of para-hydroxylation sites is 1. The van der Waals surface area contributed by atoms with Gasteiger partial charge in [-0.3, -0.25) is 4.57 Å². The number of benzene rings is 1. The molecule has 0 aliphatic heterocycles. The first-order valence-electron chi connectivity index (χ1n) is 10.5. The largest absolute Gasteiger partial charge is 0.494 e. The number of rotatable bonds is 11. The predicted octanol–water partition coefficient (Wildman–Crippen LogP) is 2.34. The van der Waals surface area contributed by atoms with E-state index in [2.05, 4.69) is 20.2 Å². The molecule has 0 radical (unpaired) electrons. The van der Waals surface area contributed by atoms with E-state index in [4.69, 9.17) is 18.9 Å². The smallest absolute Gasteiger partial charge is 0.163 e. The predicted molar refractivity (Wildman–Crippen MR) is 124 cm³/mol. The van der Waals surface area contributed by atoms with Crippen LogP contribution in [0.15, 0.2) is 30.6 Å². The molecule has 0 saturated heterocycles. The van der Waals surface area contributed by atoms with Crippen LogP contribution in [0.2, 0.25) is 0 Å². The van der Waals surface area contributed by atoms with Gasteiger partial charge in [-0.2, -0.15) is 0 Å². The highest BCUT2D eigenvalue weighted by atomic mass is 32.2. The maximum atomic E-state index is 13.4. The van der Waals surface area contributed by atoms with Crippen LogP contribution in [0.3, 0.4) is 0 Å². The van der Waals surface area contributed by atoms with Crippen molar-refractivity contribution in [3.05, 3.63) is 48.1 Å². The van der Waals surface area contributed by atoms with Crippen LogP contribution in [-0.4, -0.2) is 66.8 Å². The Morgan fingerprint density at radius 3 is 2.03 bits per heavy atom. The minimum Gasteiger partial charge on any atom is -0.494 e. The van der Waals surface area contributed by atoms with Gasteiger partial charge in [0.25, 0.3) is 0 Å². The summed E-state index contributed by atoms with van der Waals surface area (Å²) in [6.07, 6.45) is 3.03. The van der Waals surface area contributed by atoms with E-state index < -0.39 is 21.0 Å². The number of nitrogens with zero attached hydrogens (tertiary/aromatic N) is 5. The SMILES string of the molecule is COCc1nnc(CS(=O)(=O)[C@@H](C)[C@H](C)c2ncc(OC)cn2)n1-c1c(OC)cccc1OC. The van der Waals surface area contributed by atoms with Gasteiger partial charge in [-0.1, -0.05) is 13.0 Å². The highest BCUT2D eigenvalue weighted by Gasteiger charge is 2.32. The van der Waals surface area contributed by atoms with Crippen molar-refractivity contribution in [2.45, 2.75) is 37.4 Å². The molecule has 11 nitrogen and oxygen atoms in total. The van der Waals surface area contributed by atoms with Gasteiger partial charge in [-0.25, -0.2) is 18.4 Å². The normalized spacial score (nSPS) is 13.4. The van der Waals surface area contributed by atoms with Crippen LogP contribution in [0.4, 0.5) is 0 Å². The minimum absolute atomic E-state index is 0.111. The Kier molecular flexibility index (Phi) is 8.05. The molecule has 0 aliphatic rings. The van der Waals surface area contributed by atoms with Gasteiger partial charge in [0.05, 0.1) is 39.0 Å². The first-order valence-corrected chi connectivity index (χ1v) is 12.2. The summed E-state index contributed by atoms with van der Waals surface area (Å²) in [6.45, 7) is 3.52. The van der Waals surface area contributed by atoms with E-state index in [0.29, 0.717) is 34.6 Å². The number of sulfone groups is 1. The zero-order chi connectivity index (χ0) is 24.9. The third-order valence-corrected chi connectivity index (χ3v) is 7.79. The van der Waals surface area contributed by atoms with E-state index in [0.717, 1.165) is 0 Å². The fraction of sp³-hybridized carbons (Fsp3) is 0.455. The molecule has 3 aromatic rings. The van der Waals surface area contributed by atoms with Gasteiger partial charge in [0.2, 0.25) is 0 Å². The molecule has 0 saturated carbocycles. The summed E-state index contributed by atoms with van der Waals surface area (Å²) in [7, 11) is 2.37. The quantitative estimate of drug-likeness (QED) is 0.394. The summed E-state index contributed by atoms with van der Waals surface area (Å²) in [4.78, 5) is 8.49. The van der Waals surface area contributed by atoms with Gasteiger partial charge >= 0.3 is 0 Å². The molecule has 0 aliphatic carbocycles. The Labute approximate surface area is 199 Å². The maximum Gasteiger partial charge on any atom is 0.163 e. The van der Waals surface area contributed by atoms with Crippen molar-refractivity contribution in [2.24, 2.45) is 0 Å². The molecule has 12 heteroatoms. The Balaban J connectivity index is 2.01. The van der Waals surface area contributed by atoms with E-state index in [-0.39, 0.29) is 18.2 Å². The zero-order valence-corrected chi connectivity index (χ0v) is 20.9. The molecule has 0 N–H and O–H groups in total. The first-order chi connectivity index (χ1) is 16.3. The lowest BCUT2D eigenvalue weighted by molar-refractivity contribution is 0.176. The number of ether oxygens (including phenoxy) is 4. The summed E-state index contributed by atoms with van der Waals surface area (Å²) >= 11 is 0. The molecule has 0 amide bonds. The number of hydrogen-bond donors (Lipinski definition) is 0. The summed E-state index contributed by atoms with van der Waals surface area (Å²) < 4.78 is 49.9. The third kappa shape index (κ3) is 5.12. The van der Waals surface area contributed by atoms with Crippen LogP contribution in [-0.2, 0) is 26.9 Å². The third-order valence-electron chi connectivity index (χ3n) is 5.59. The molecule has 0 spiro atoms. The summed E-state index contributed by atoms with van der Waals surface area (Å²) in [5, 5.41) is 7.56. The maximum absolute atomic E-state index is 13.4.